The van der Waals surface area contributed by atoms with Crippen molar-refractivity contribution < 1.29 is 0 Å². The summed E-state index contributed by atoms with van der Waals surface area (Å²) in [6.07, 6.45) is 11.2. The van der Waals surface area contributed by atoms with Crippen molar-refractivity contribution in [2.45, 2.75) is 86.0 Å². The molecule has 0 N–H and O–H groups in total. The third-order valence-electron chi connectivity index (χ3n) is 4.01. The van der Waals surface area contributed by atoms with E-state index in [-0.39, 0.29) is 0 Å². The molecule has 0 aliphatic rings. The van der Waals surface area contributed by atoms with Gasteiger partial charge in [-0.25, -0.2) is 0 Å². The maximum atomic E-state index is 2.49. The van der Waals surface area contributed by atoms with Crippen molar-refractivity contribution in [2.24, 2.45) is 11.3 Å². The molecule has 92 valence electrons. The molecule has 0 heteroatoms. The summed E-state index contributed by atoms with van der Waals surface area (Å²) in [5.74, 6) is 0.933. The van der Waals surface area contributed by atoms with Crippen LogP contribution >= 0.6 is 0 Å². The van der Waals surface area contributed by atoms with Crippen molar-refractivity contribution in [3.63, 3.8) is 0 Å². The van der Waals surface area contributed by atoms with Crippen LogP contribution in [0.5, 0.6) is 0 Å². The van der Waals surface area contributed by atoms with Gasteiger partial charge in [0, 0.05) is 0 Å². The lowest BCUT2D eigenvalue weighted by Gasteiger charge is -2.29. The molecule has 0 nitrogen and oxygen atoms in total. The van der Waals surface area contributed by atoms with Crippen LogP contribution in [0.15, 0.2) is 0 Å². The first-order valence-electron chi connectivity index (χ1n) is 7.08. The lowest BCUT2D eigenvalue weighted by atomic mass is 9.76. The van der Waals surface area contributed by atoms with Gasteiger partial charge in [0.25, 0.3) is 0 Å². The third kappa shape index (κ3) is 6.98. The van der Waals surface area contributed by atoms with Gasteiger partial charge in [0.15, 0.2) is 0 Å². The van der Waals surface area contributed by atoms with Crippen LogP contribution in [0.4, 0.5) is 0 Å². The molecular formula is C15H32. The zero-order valence-electron chi connectivity index (χ0n) is 11.7. The van der Waals surface area contributed by atoms with E-state index in [0.717, 1.165) is 5.92 Å². The summed E-state index contributed by atoms with van der Waals surface area (Å²) >= 11 is 0. The van der Waals surface area contributed by atoms with Crippen molar-refractivity contribution in [2.75, 3.05) is 0 Å². The van der Waals surface area contributed by atoms with E-state index in [4.69, 9.17) is 0 Å². The molecule has 2 atom stereocenters. The minimum Gasteiger partial charge on any atom is -0.0654 e. The summed E-state index contributed by atoms with van der Waals surface area (Å²) in [6.45, 7) is 11.9. The minimum atomic E-state index is 0.623. The summed E-state index contributed by atoms with van der Waals surface area (Å²) in [4.78, 5) is 0. The van der Waals surface area contributed by atoms with Gasteiger partial charge in [0.1, 0.15) is 0 Å². The summed E-state index contributed by atoms with van der Waals surface area (Å²) in [5.41, 5.74) is 0.623. The molecule has 0 saturated carbocycles. The maximum Gasteiger partial charge on any atom is -0.0328 e. The van der Waals surface area contributed by atoms with E-state index in [2.05, 4.69) is 34.6 Å². The number of hydrogen-bond donors (Lipinski definition) is 0. The molecule has 15 heavy (non-hydrogen) atoms. The summed E-state index contributed by atoms with van der Waals surface area (Å²) in [6, 6.07) is 0. The Balaban J connectivity index is 3.85. The fourth-order valence-electron chi connectivity index (χ4n) is 2.31. The maximum absolute atomic E-state index is 2.49. The predicted molar refractivity (Wildman–Crippen MR) is 71.2 cm³/mol. The van der Waals surface area contributed by atoms with Gasteiger partial charge in [0.2, 0.25) is 0 Å². The van der Waals surface area contributed by atoms with E-state index in [0.29, 0.717) is 5.41 Å². The van der Waals surface area contributed by atoms with Gasteiger partial charge in [-0.3, -0.25) is 0 Å². The highest BCUT2D eigenvalue weighted by molar-refractivity contribution is 4.73. The Kier molecular flexibility index (Phi) is 8.19. The quantitative estimate of drug-likeness (QED) is 0.452. The topological polar surface area (TPSA) is 0 Å². The Labute approximate surface area is 97.8 Å². The molecule has 0 aromatic heterocycles. The second kappa shape index (κ2) is 8.19. The van der Waals surface area contributed by atoms with Gasteiger partial charge in [-0.1, -0.05) is 73.1 Å². The van der Waals surface area contributed by atoms with Gasteiger partial charge in [-0.05, 0) is 24.2 Å². The normalized spacial score (nSPS) is 17.4. The van der Waals surface area contributed by atoms with Crippen molar-refractivity contribution >= 4 is 0 Å². The van der Waals surface area contributed by atoms with E-state index in [1.165, 1.54) is 51.4 Å². The molecule has 0 fully saturated rings. The SMILES string of the molecule is CCCCC(C)(CC)CCC(C)CCC. The highest BCUT2D eigenvalue weighted by Crippen LogP contribution is 2.35. The van der Waals surface area contributed by atoms with Crippen molar-refractivity contribution in [3.05, 3.63) is 0 Å². The Morgan fingerprint density at radius 1 is 0.933 bits per heavy atom. The molecule has 0 aliphatic carbocycles. The van der Waals surface area contributed by atoms with E-state index in [9.17, 15) is 0 Å². The van der Waals surface area contributed by atoms with Gasteiger partial charge < -0.3 is 0 Å². The van der Waals surface area contributed by atoms with Crippen LogP contribution in [0.3, 0.4) is 0 Å². The van der Waals surface area contributed by atoms with Gasteiger partial charge in [0.05, 0.1) is 0 Å². The van der Waals surface area contributed by atoms with Crippen LogP contribution in [-0.2, 0) is 0 Å². The first-order valence-corrected chi connectivity index (χ1v) is 7.08. The van der Waals surface area contributed by atoms with Crippen LogP contribution in [0.2, 0.25) is 0 Å². The van der Waals surface area contributed by atoms with Gasteiger partial charge in [-0.2, -0.15) is 0 Å². The highest BCUT2D eigenvalue weighted by atomic mass is 14.3. The van der Waals surface area contributed by atoms with E-state index >= 15 is 0 Å². The smallest absolute Gasteiger partial charge is 0.0328 e. The van der Waals surface area contributed by atoms with Crippen molar-refractivity contribution in [1.82, 2.24) is 0 Å². The fraction of sp³-hybridized carbons (Fsp3) is 1.00. The molecule has 0 aromatic carbocycles. The number of rotatable bonds is 9. The molecule has 0 saturated heterocycles. The Bertz CT molecular complexity index is 139. The molecular weight excluding hydrogens is 180 g/mol. The van der Waals surface area contributed by atoms with Crippen molar-refractivity contribution in [3.8, 4) is 0 Å². The monoisotopic (exact) mass is 212 g/mol. The Morgan fingerprint density at radius 2 is 1.60 bits per heavy atom. The molecule has 0 heterocycles. The second-order valence-electron chi connectivity index (χ2n) is 5.70. The third-order valence-corrected chi connectivity index (χ3v) is 4.01. The molecule has 0 spiro atoms. The lowest BCUT2D eigenvalue weighted by Crippen LogP contribution is -2.16. The number of hydrogen-bond acceptors (Lipinski definition) is 0. The van der Waals surface area contributed by atoms with Crippen LogP contribution < -0.4 is 0 Å². The first kappa shape index (κ1) is 15.0. The van der Waals surface area contributed by atoms with E-state index in [1.54, 1.807) is 0 Å². The molecule has 0 aliphatic heterocycles. The Hall–Kier alpha value is 0. The Morgan fingerprint density at radius 3 is 2.07 bits per heavy atom. The van der Waals surface area contributed by atoms with Crippen LogP contribution in [0.1, 0.15) is 86.0 Å². The standard InChI is InChI=1S/C15H32/c1-6-9-12-15(5,8-3)13-11-14(4)10-7-2/h14H,6-13H2,1-5H3. The van der Waals surface area contributed by atoms with E-state index < -0.39 is 0 Å². The van der Waals surface area contributed by atoms with Crippen LogP contribution in [0, 0.1) is 11.3 Å². The summed E-state index contributed by atoms with van der Waals surface area (Å²) in [5, 5.41) is 0. The zero-order chi connectivity index (χ0) is 11.7. The molecule has 0 amide bonds. The van der Waals surface area contributed by atoms with Crippen LogP contribution in [0.25, 0.3) is 0 Å². The molecule has 0 radical (unpaired) electrons. The largest absolute Gasteiger partial charge is 0.0654 e. The zero-order valence-corrected chi connectivity index (χ0v) is 11.7. The minimum absolute atomic E-state index is 0.623. The lowest BCUT2D eigenvalue weighted by molar-refractivity contribution is 0.228. The summed E-state index contributed by atoms with van der Waals surface area (Å²) in [7, 11) is 0. The van der Waals surface area contributed by atoms with Gasteiger partial charge in [-0.15, -0.1) is 0 Å². The summed E-state index contributed by atoms with van der Waals surface area (Å²) < 4.78 is 0. The fourth-order valence-corrected chi connectivity index (χ4v) is 2.31. The van der Waals surface area contributed by atoms with Crippen LogP contribution in [-0.4, -0.2) is 0 Å². The molecule has 0 bridgehead atoms. The van der Waals surface area contributed by atoms with Gasteiger partial charge >= 0.3 is 0 Å². The second-order valence-corrected chi connectivity index (χ2v) is 5.70. The number of unbranched alkanes of at least 4 members (excludes halogenated alkanes) is 1. The average molecular weight is 212 g/mol. The average Bonchev–Trinajstić information content (AvgIpc) is 2.24. The molecule has 0 aromatic rings. The molecule has 2 unspecified atom stereocenters. The highest BCUT2D eigenvalue weighted by Gasteiger charge is 2.21. The first-order chi connectivity index (χ1) is 7.08. The van der Waals surface area contributed by atoms with E-state index in [1.807, 2.05) is 0 Å². The predicted octanol–water partition coefficient (Wildman–Crippen LogP) is 5.81. The van der Waals surface area contributed by atoms with Crippen molar-refractivity contribution in [1.29, 1.82) is 0 Å². The molecule has 0 rings (SSSR count).